The lowest BCUT2D eigenvalue weighted by atomic mass is 9.92. The Morgan fingerprint density at radius 2 is 1.92 bits per heavy atom. The molecule has 25 heavy (non-hydrogen) atoms. The van der Waals surface area contributed by atoms with Crippen molar-refractivity contribution < 1.29 is 18.7 Å². The molecule has 128 valence electrons. The molecule has 0 spiro atoms. The van der Waals surface area contributed by atoms with Crippen LogP contribution in [0.1, 0.15) is 18.1 Å². The van der Waals surface area contributed by atoms with Gasteiger partial charge in [0, 0.05) is 0 Å². The minimum Gasteiger partial charge on any atom is -0.497 e. The van der Waals surface area contributed by atoms with Crippen molar-refractivity contribution in [3.05, 3.63) is 65.5 Å². The SMILES string of the molecule is COc1ccc([C@@]2(C)NC(=O)N(/N=C\c3cccc(F)c3)C2=O)cc1. The van der Waals surface area contributed by atoms with Crippen LogP contribution in [0.3, 0.4) is 0 Å². The number of urea groups is 1. The van der Waals surface area contributed by atoms with Crippen molar-refractivity contribution in [1.82, 2.24) is 10.3 Å². The van der Waals surface area contributed by atoms with Crippen LogP contribution < -0.4 is 10.1 Å². The van der Waals surface area contributed by atoms with Crippen LogP contribution in [0.2, 0.25) is 0 Å². The lowest BCUT2D eigenvalue weighted by Gasteiger charge is -2.21. The summed E-state index contributed by atoms with van der Waals surface area (Å²) in [6.07, 6.45) is 1.26. The molecule has 2 aromatic carbocycles. The smallest absolute Gasteiger partial charge is 0.346 e. The minimum atomic E-state index is -1.23. The van der Waals surface area contributed by atoms with E-state index < -0.39 is 23.3 Å². The van der Waals surface area contributed by atoms with Crippen LogP contribution in [0.4, 0.5) is 9.18 Å². The molecule has 0 bridgehead atoms. The van der Waals surface area contributed by atoms with E-state index in [9.17, 15) is 14.0 Å². The number of hydrazone groups is 1. The van der Waals surface area contributed by atoms with E-state index in [0.717, 1.165) is 5.01 Å². The van der Waals surface area contributed by atoms with Gasteiger partial charge in [0.2, 0.25) is 0 Å². The van der Waals surface area contributed by atoms with Crippen LogP contribution in [0.5, 0.6) is 5.75 Å². The Bertz CT molecular complexity index is 851. The summed E-state index contributed by atoms with van der Waals surface area (Å²) < 4.78 is 18.3. The molecule has 1 N–H and O–H groups in total. The van der Waals surface area contributed by atoms with Crippen molar-refractivity contribution in [3.8, 4) is 5.75 Å². The van der Waals surface area contributed by atoms with Crippen LogP contribution in [0.25, 0.3) is 0 Å². The molecule has 3 amide bonds. The summed E-state index contributed by atoms with van der Waals surface area (Å²) in [6, 6.07) is 11.9. The molecule has 6 nitrogen and oxygen atoms in total. The van der Waals surface area contributed by atoms with Gasteiger partial charge >= 0.3 is 6.03 Å². The number of rotatable bonds is 4. The van der Waals surface area contributed by atoms with Crippen LogP contribution >= 0.6 is 0 Å². The highest BCUT2D eigenvalue weighted by molar-refractivity contribution is 6.07. The van der Waals surface area contributed by atoms with Crippen molar-refractivity contribution in [1.29, 1.82) is 0 Å². The molecular formula is C18H16FN3O3. The molecule has 2 aromatic rings. The maximum atomic E-state index is 13.2. The van der Waals surface area contributed by atoms with Gasteiger partial charge in [-0.25, -0.2) is 9.18 Å². The van der Waals surface area contributed by atoms with Crippen molar-refractivity contribution in [2.45, 2.75) is 12.5 Å². The number of imide groups is 1. The number of hydrogen-bond acceptors (Lipinski definition) is 4. The first-order chi connectivity index (χ1) is 11.9. The molecule has 1 aliphatic rings. The fraction of sp³-hybridized carbons (Fsp3) is 0.167. The Hall–Kier alpha value is -3.22. The zero-order chi connectivity index (χ0) is 18.0. The summed E-state index contributed by atoms with van der Waals surface area (Å²) >= 11 is 0. The topological polar surface area (TPSA) is 71.0 Å². The van der Waals surface area contributed by atoms with Crippen molar-refractivity contribution in [2.75, 3.05) is 7.11 Å². The second-order valence-corrected chi connectivity index (χ2v) is 5.70. The number of carbonyl (C=O) groups is 2. The van der Waals surface area contributed by atoms with E-state index in [1.807, 2.05) is 0 Å². The van der Waals surface area contributed by atoms with Crippen LogP contribution in [0.15, 0.2) is 53.6 Å². The molecule has 0 aliphatic carbocycles. The molecule has 1 atom stereocenters. The number of ether oxygens (including phenoxy) is 1. The number of nitrogens with zero attached hydrogens (tertiary/aromatic N) is 2. The first-order valence-corrected chi connectivity index (χ1v) is 7.55. The third-order valence-electron chi connectivity index (χ3n) is 4.01. The number of halogens is 1. The van der Waals surface area contributed by atoms with Gasteiger partial charge in [-0.05, 0) is 42.3 Å². The van der Waals surface area contributed by atoms with Gasteiger partial charge in [-0.15, -0.1) is 5.01 Å². The molecule has 3 rings (SSSR count). The molecule has 0 saturated carbocycles. The molecule has 1 aliphatic heterocycles. The fourth-order valence-electron chi connectivity index (χ4n) is 2.56. The zero-order valence-electron chi connectivity index (χ0n) is 13.7. The molecule has 1 fully saturated rings. The van der Waals surface area contributed by atoms with Crippen molar-refractivity contribution in [2.24, 2.45) is 5.10 Å². The second-order valence-electron chi connectivity index (χ2n) is 5.70. The zero-order valence-corrected chi connectivity index (χ0v) is 13.7. The summed E-state index contributed by atoms with van der Waals surface area (Å²) in [5.74, 6) is -0.301. The van der Waals surface area contributed by atoms with Gasteiger partial charge in [0.1, 0.15) is 17.1 Å². The van der Waals surface area contributed by atoms with Crippen molar-refractivity contribution >= 4 is 18.2 Å². The minimum absolute atomic E-state index is 0.427. The second kappa shape index (κ2) is 6.35. The molecule has 1 heterocycles. The van der Waals surface area contributed by atoms with E-state index in [1.165, 1.54) is 24.4 Å². The largest absolute Gasteiger partial charge is 0.497 e. The van der Waals surface area contributed by atoms with Gasteiger partial charge in [0.15, 0.2) is 0 Å². The summed E-state index contributed by atoms with van der Waals surface area (Å²) in [4.78, 5) is 24.9. The van der Waals surface area contributed by atoms with Crippen LogP contribution in [0, 0.1) is 5.82 Å². The van der Waals surface area contributed by atoms with Gasteiger partial charge in [-0.2, -0.15) is 5.10 Å². The Morgan fingerprint density at radius 3 is 2.56 bits per heavy atom. The first kappa shape index (κ1) is 16.6. The Balaban J connectivity index is 1.86. The van der Waals surface area contributed by atoms with E-state index in [0.29, 0.717) is 16.9 Å². The Kier molecular flexibility index (Phi) is 4.22. The lowest BCUT2D eigenvalue weighted by molar-refractivity contribution is -0.131. The van der Waals surface area contributed by atoms with Crippen LogP contribution in [-0.4, -0.2) is 30.3 Å². The maximum absolute atomic E-state index is 13.2. The fourth-order valence-corrected chi connectivity index (χ4v) is 2.56. The number of methoxy groups -OCH3 is 1. The van der Waals surface area contributed by atoms with Crippen molar-refractivity contribution in [3.63, 3.8) is 0 Å². The van der Waals surface area contributed by atoms with Gasteiger partial charge in [-0.1, -0.05) is 24.3 Å². The van der Waals surface area contributed by atoms with E-state index in [2.05, 4.69) is 10.4 Å². The van der Waals surface area contributed by atoms with Gasteiger partial charge < -0.3 is 10.1 Å². The molecular weight excluding hydrogens is 325 g/mol. The standard InChI is InChI=1S/C18H16FN3O3/c1-18(13-6-8-15(25-2)9-7-13)16(23)22(17(24)21-18)20-11-12-4-3-5-14(19)10-12/h3-11H,1-2H3,(H,21,24)/b20-11-/t18-/m1/s1. The number of amides is 3. The molecule has 0 unspecified atom stereocenters. The average molecular weight is 341 g/mol. The summed E-state index contributed by atoms with van der Waals surface area (Å²) in [5.41, 5.74) is -0.184. The van der Waals surface area contributed by atoms with E-state index in [1.54, 1.807) is 44.4 Å². The number of nitrogens with one attached hydrogen (secondary N) is 1. The first-order valence-electron chi connectivity index (χ1n) is 7.55. The Morgan fingerprint density at radius 1 is 1.20 bits per heavy atom. The van der Waals surface area contributed by atoms with Crippen LogP contribution in [-0.2, 0) is 10.3 Å². The van der Waals surface area contributed by atoms with Gasteiger partial charge in [0.25, 0.3) is 5.91 Å². The summed E-state index contributed by atoms with van der Waals surface area (Å²) in [5, 5.41) is 7.29. The predicted octanol–water partition coefficient (Wildman–Crippen LogP) is 2.64. The summed E-state index contributed by atoms with van der Waals surface area (Å²) in [6.45, 7) is 1.60. The van der Waals surface area contributed by atoms with E-state index >= 15 is 0 Å². The lowest BCUT2D eigenvalue weighted by Crippen LogP contribution is -2.40. The average Bonchev–Trinajstić information content (AvgIpc) is 2.83. The quantitative estimate of drug-likeness (QED) is 0.686. The third kappa shape index (κ3) is 3.08. The number of benzene rings is 2. The van der Waals surface area contributed by atoms with Gasteiger partial charge in [0.05, 0.1) is 13.3 Å². The molecule has 7 heteroatoms. The number of hydrogen-bond donors (Lipinski definition) is 1. The highest BCUT2D eigenvalue weighted by atomic mass is 19.1. The third-order valence-corrected chi connectivity index (χ3v) is 4.01. The summed E-state index contributed by atoms with van der Waals surface area (Å²) in [7, 11) is 1.54. The Labute approximate surface area is 143 Å². The predicted molar refractivity (Wildman–Crippen MR) is 89.7 cm³/mol. The van der Waals surface area contributed by atoms with E-state index in [4.69, 9.17) is 4.74 Å². The molecule has 1 saturated heterocycles. The number of carbonyl (C=O) groups excluding carboxylic acids is 2. The normalized spacial score (nSPS) is 20.2. The molecule has 0 aromatic heterocycles. The monoisotopic (exact) mass is 341 g/mol. The highest BCUT2D eigenvalue weighted by Gasteiger charge is 2.49. The molecule has 0 radical (unpaired) electrons. The van der Waals surface area contributed by atoms with E-state index in [-0.39, 0.29) is 0 Å². The highest BCUT2D eigenvalue weighted by Crippen LogP contribution is 2.30. The van der Waals surface area contributed by atoms with Gasteiger partial charge in [-0.3, -0.25) is 4.79 Å². The maximum Gasteiger partial charge on any atom is 0.346 e.